The van der Waals surface area contributed by atoms with E-state index < -0.39 is 26.6 Å². The summed E-state index contributed by atoms with van der Waals surface area (Å²) in [6.07, 6.45) is 1.32. The second-order valence-corrected chi connectivity index (χ2v) is 5.51. The Kier molecular flexibility index (Phi) is 5.37. The van der Waals surface area contributed by atoms with Crippen molar-refractivity contribution in [3.63, 3.8) is 0 Å². The summed E-state index contributed by atoms with van der Waals surface area (Å²) in [5.74, 6) is -1.54. The molecular formula is C12H15FN2O4S. The minimum atomic E-state index is -4.05. The molecule has 1 N–H and O–H groups in total. The first kappa shape index (κ1) is 16.3. The van der Waals surface area contributed by atoms with Crippen LogP contribution < -0.4 is 4.72 Å². The van der Waals surface area contributed by atoms with Crippen molar-refractivity contribution in [3.05, 3.63) is 42.2 Å². The van der Waals surface area contributed by atoms with Gasteiger partial charge in [-0.05, 0) is 18.2 Å². The fraction of sp³-hybridized carbons (Fsp3) is 0.250. The maximum absolute atomic E-state index is 13.6. The molecule has 1 amide bonds. The van der Waals surface area contributed by atoms with Crippen molar-refractivity contribution in [1.82, 2.24) is 9.79 Å². The maximum Gasteiger partial charge on any atom is 0.277 e. The fourth-order valence-corrected chi connectivity index (χ4v) is 2.45. The average molecular weight is 302 g/mol. The molecule has 1 aromatic rings. The van der Waals surface area contributed by atoms with Gasteiger partial charge in [-0.25, -0.2) is 22.6 Å². The molecule has 6 nitrogen and oxygen atoms in total. The molecule has 0 bridgehead atoms. The summed E-state index contributed by atoms with van der Waals surface area (Å²) in [4.78, 5) is 15.9. The summed E-state index contributed by atoms with van der Waals surface area (Å²) in [6.45, 7) is 3.32. The third kappa shape index (κ3) is 3.62. The van der Waals surface area contributed by atoms with Gasteiger partial charge in [-0.1, -0.05) is 6.08 Å². The Morgan fingerprint density at radius 2 is 2.20 bits per heavy atom. The molecule has 0 radical (unpaired) electrons. The minimum Gasteiger partial charge on any atom is -0.274 e. The molecule has 0 saturated heterocycles. The second kappa shape index (κ2) is 6.60. The largest absolute Gasteiger partial charge is 0.277 e. The molecule has 0 fully saturated rings. The predicted octanol–water partition coefficient (Wildman–Crippen LogP) is 0.923. The lowest BCUT2D eigenvalue weighted by molar-refractivity contribution is -0.0757. The molecular weight excluding hydrogens is 287 g/mol. The zero-order valence-corrected chi connectivity index (χ0v) is 11.9. The number of halogens is 1. The highest BCUT2D eigenvalue weighted by Gasteiger charge is 2.21. The third-order valence-corrected chi connectivity index (χ3v) is 3.88. The van der Waals surface area contributed by atoms with Gasteiger partial charge < -0.3 is 0 Å². The fourth-order valence-electron chi connectivity index (χ4n) is 1.35. The molecule has 0 aliphatic carbocycles. The predicted molar refractivity (Wildman–Crippen MR) is 70.9 cm³/mol. The molecule has 0 unspecified atom stereocenters. The van der Waals surface area contributed by atoms with Gasteiger partial charge in [-0.15, -0.1) is 6.58 Å². The Bertz CT molecular complexity index is 616. The van der Waals surface area contributed by atoms with E-state index in [4.69, 9.17) is 4.84 Å². The van der Waals surface area contributed by atoms with Gasteiger partial charge in [0.25, 0.3) is 5.91 Å². The summed E-state index contributed by atoms with van der Waals surface area (Å²) in [6, 6.07) is 3.05. The number of nitrogens with zero attached hydrogens (tertiary/aromatic N) is 1. The summed E-state index contributed by atoms with van der Waals surface area (Å²) < 4.78 is 39.5. The zero-order valence-electron chi connectivity index (χ0n) is 11.1. The Morgan fingerprint density at radius 3 is 2.75 bits per heavy atom. The van der Waals surface area contributed by atoms with Crippen LogP contribution in [0.15, 0.2) is 35.7 Å². The van der Waals surface area contributed by atoms with Gasteiger partial charge in [0.15, 0.2) is 0 Å². The van der Waals surface area contributed by atoms with Crippen LogP contribution in [-0.2, 0) is 14.9 Å². The molecule has 0 heterocycles. The van der Waals surface area contributed by atoms with Crippen molar-refractivity contribution in [3.8, 4) is 0 Å². The number of hydroxylamine groups is 2. The number of hydrogen-bond donors (Lipinski definition) is 1. The molecule has 110 valence electrons. The topological polar surface area (TPSA) is 75.7 Å². The lowest BCUT2D eigenvalue weighted by atomic mass is 10.2. The van der Waals surface area contributed by atoms with Crippen molar-refractivity contribution in [2.45, 2.75) is 4.90 Å². The van der Waals surface area contributed by atoms with E-state index in [0.717, 1.165) is 17.2 Å². The molecule has 0 spiro atoms. The Morgan fingerprint density at radius 1 is 1.55 bits per heavy atom. The molecule has 20 heavy (non-hydrogen) atoms. The molecule has 0 aliphatic heterocycles. The second-order valence-electron chi connectivity index (χ2n) is 3.77. The van der Waals surface area contributed by atoms with E-state index in [0.29, 0.717) is 0 Å². The molecule has 1 rings (SSSR count). The van der Waals surface area contributed by atoms with Gasteiger partial charge in [0, 0.05) is 19.2 Å². The quantitative estimate of drug-likeness (QED) is 0.626. The highest BCUT2D eigenvalue weighted by atomic mass is 32.2. The van der Waals surface area contributed by atoms with Crippen molar-refractivity contribution in [1.29, 1.82) is 0 Å². The standard InChI is InChI=1S/C12H15FN2O4S/c1-4-7-14-20(17,18)11-8-9(5-6-10(11)13)12(16)15(2)19-3/h4-6,8,14H,1,7H2,2-3H3. The van der Waals surface area contributed by atoms with Gasteiger partial charge >= 0.3 is 0 Å². The first-order valence-corrected chi connectivity index (χ1v) is 7.04. The first-order chi connectivity index (χ1) is 9.33. The number of rotatable bonds is 6. The van der Waals surface area contributed by atoms with Gasteiger partial charge in [-0.2, -0.15) is 0 Å². The SMILES string of the molecule is C=CCNS(=O)(=O)c1cc(C(=O)N(C)OC)ccc1F. The molecule has 0 aromatic heterocycles. The van der Waals surface area contributed by atoms with E-state index in [2.05, 4.69) is 11.3 Å². The Labute approximate surface area is 116 Å². The summed E-state index contributed by atoms with van der Waals surface area (Å²) in [5.41, 5.74) is -0.00488. The van der Waals surface area contributed by atoms with Crippen LogP contribution in [0.1, 0.15) is 10.4 Å². The number of carbonyl (C=O) groups excluding carboxylic acids is 1. The van der Waals surface area contributed by atoms with Gasteiger partial charge in [-0.3, -0.25) is 9.63 Å². The number of sulfonamides is 1. The van der Waals surface area contributed by atoms with Crippen molar-refractivity contribution in [2.24, 2.45) is 0 Å². The monoisotopic (exact) mass is 302 g/mol. The van der Waals surface area contributed by atoms with Crippen LogP contribution in [0.25, 0.3) is 0 Å². The average Bonchev–Trinajstić information content (AvgIpc) is 2.43. The number of amides is 1. The number of hydrogen-bond acceptors (Lipinski definition) is 4. The number of carbonyl (C=O) groups is 1. The number of nitrogens with one attached hydrogen (secondary N) is 1. The molecule has 0 saturated carbocycles. The van der Waals surface area contributed by atoms with Gasteiger partial charge in [0.05, 0.1) is 7.11 Å². The van der Waals surface area contributed by atoms with E-state index in [1.807, 2.05) is 0 Å². The van der Waals surface area contributed by atoms with Crippen molar-refractivity contribution in [2.75, 3.05) is 20.7 Å². The van der Waals surface area contributed by atoms with Crippen LogP contribution in [-0.4, -0.2) is 40.1 Å². The lowest BCUT2D eigenvalue weighted by Crippen LogP contribution is -2.27. The van der Waals surface area contributed by atoms with E-state index in [1.165, 1.54) is 26.3 Å². The minimum absolute atomic E-state index is 0.00488. The van der Waals surface area contributed by atoms with Crippen molar-refractivity contribution >= 4 is 15.9 Å². The van der Waals surface area contributed by atoms with Crippen LogP contribution in [0.2, 0.25) is 0 Å². The van der Waals surface area contributed by atoms with Crippen LogP contribution in [0.4, 0.5) is 4.39 Å². The highest BCUT2D eigenvalue weighted by Crippen LogP contribution is 2.17. The van der Waals surface area contributed by atoms with Gasteiger partial charge in [0.2, 0.25) is 10.0 Å². The summed E-state index contributed by atoms with van der Waals surface area (Å²) >= 11 is 0. The van der Waals surface area contributed by atoms with Crippen LogP contribution in [0.3, 0.4) is 0 Å². The van der Waals surface area contributed by atoms with E-state index in [-0.39, 0.29) is 12.1 Å². The Hall–Kier alpha value is -1.77. The van der Waals surface area contributed by atoms with E-state index >= 15 is 0 Å². The lowest BCUT2D eigenvalue weighted by Gasteiger charge is -2.14. The molecule has 0 aliphatic rings. The van der Waals surface area contributed by atoms with Crippen LogP contribution >= 0.6 is 0 Å². The normalized spacial score (nSPS) is 11.2. The molecule has 8 heteroatoms. The number of benzene rings is 1. The first-order valence-electron chi connectivity index (χ1n) is 5.55. The highest BCUT2D eigenvalue weighted by molar-refractivity contribution is 7.89. The molecule has 1 aromatic carbocycles. The van der Waals surface area contributed by atoms with Crippen molar-refractivity contribution < 1.29 is 22.4 Å². The molecule has 0 atom stereocenters. The van der Waals surface area contributed by atoms with Crippen LogP contribution in [0, 0.1) is 5.82 Å². The smallest absolute Gasteiger partial charge is 0.274 e. The summed E-state index contributed by atoms with van der Waals surface area (Å²) in [5, 5.41) is 0.904. The zero-order chi connectivity index (χ0) is 15.3. The maximum atomic E-state index is 13.6. The van der Waals surface area contributed by atoms with E-state index in [1.54, 1.807) is 0 Å². The summed E-state index contributed by atoms with van der Waals surface area (Å²) in [7, 11) is -1.41. The van der Waals surface area contributed by atoms with Gasteiger partial charge in [0.1, 0.15) is 10.7 Å². The third-order valence-electron chi connectivity index (χ3n) is 2.45. The van der Waals surface area contributed by atoms with Crippen LogP contribution in [0.5, 0.6) is 0 Å². The Balaban J connectivity index is 3.22. The van der Waals surface area contributed by atoms with E-state index in [9.17, 15) is 17.6 Å².